The van der Waals surface area contributed by atoms with Gasteiger partial charge in [-0.3, -0.25) is 4.79 Å². The summed E-state index contributed by atoms with van der Waals surface area (Å²) in [6.07, 6.45) is 5.07. The van der Waals surface area contributed by atoms with Gasteiger partial charge in [0.05, 0.1) is 0 Å². The van der Waals surface area contributed by atoms with Crippen LogP contribution in [0.25, 0.3) is 0 Å². The Labute approximate surface area is 142 Å². The van der Waals surface area contributed by atoms with E-state index in [1.165, 1.54) is 18.5 Å². The number of hydrogen-bond acceptors (Lipinski definition) is 5. The summed E-state index contributed by atoms with van der Waals surface area (Å²) in [6, 6.07) is 9.58. The number of amides is 1. The number of rotatable bonds is 6. The van der Waals surface area contributed by atoms with Crippen molar-refractivity contribution in [1.82, 2.24) is 9.97 Å². The number of nitrogens with one attached hydrogen (secondary N) is 2. The van der Waals surface area contributed by atoms with Crippen LogP contribution in [0.5, 0.6) is 0 Å². The summed E-state index contributed by atoms with van der Waals surface area (Å²) in [7, 11) is 0. The van der Waals surface area contributed by atoms with Crippen LogP contribution < -0.4 is 15.5 Å². The first-order chi connectivity index (χ1) is 11.8. The van der Waals surface area contributed by atoms with Crippen LogP contribution in [0, 0.1) is 0 Å². The number of benzene rings is 1. The molecule has 6 heteroatoms. The minimum absolute atomic E-state index is 0.231. The molecule has 0 spiro atoms. The van der Waals surface area contributed by atoms with E-state index < -0.39 is 0 Å². The molecule has 1 amide bonds. The molecule has 126 valence electrons. The molecule has 0 bridgehead atoms. The molecule has 0 aliphatic carbocycles. The number of carbonyl (C=O) groups is 1. The molecule has 6 nitrogen and oxygen atoms in total. The Balaban J connectivity index is 1.63. The SMILES string of the molecule is CCCNc1nccc(C(=O)Nc2ccc(N3CCCC3)cc2)n1. The Morgan fingerprint density at radius 2 is 1.92 bits per heavy atom. The maximum atomic E-state index is 12.3. The summed E-state index contributed by atoms with van der Waals surface area (Å²) < 4.78 is 0. The summed E-state index contributed by atoms with van der Waals surface area (Å²) in [5, 5.41) is 5.97. The van der Waals surface area contributed by atoms with Gasteiger partial charge in [0.1, 0.15) is 5.69 Å². The smallest absolute Gasteiger partial charge is 0.274 e. The molecule has 24 heavy (non-hydrogen) atoms. The summed E-state index contributed by atoms with van der Waals surface area (Å²) in [5.41, 5.74) is 2.33. The van der Waals surface area contributed by atoms with Gasteiger partial charge in [-0.2, -0.15) is 0 Å². The molecule has 1 saturated heterocycles. The zero-order chi connectivity index (χ0) is 16.8. The van der Waals surface area contributed by atoms with Gasteiger partial charge in [0.25, 0.3) is 5.91 Å². The molecule has 1 aromatic carbocycles. The third-order valence-electron chi connectivity index (χ3n) is 4.02. The van der Waals surface area contributed by atoms with Crippen LogP contribution >= 0.6 is 0 Å². The average molecular weight is 325 g/mol. The lowest BCUT2D eigenvalue weighted by Crippen LogP contribution is -2.18. The average Bonchev–Trinajstić information content (AvgIpc) is 3.15. The molecule has 2 N–H and O–H groups in total. The molecule has 3 rings (SSSR count). The van der Waals surface area contributed by atoms with Gasteiger partial charge in [-0.1, -0.05) is 6.92 Å². The topological polar surface area (TPSA) is 70.2 Å². The molecule has 1 aromatic heterocycles. The highest BCUT2D eigenvalue weighted by atomic mass is 16.1. The molecular formula is C18H23N5O. The van der Waals surface area contributed by atoms with Gasteiger partial charge in [0.2, 0.25) is 5.95 Å². The fourth-order valence-corrected chi connectivity index (χ4v) is 2.73. The van der Waals surface area contributed by atoms with E-state index in [1.807, 2.05) is 12.1 Å². The van der Waals surface area contributed by atoms with Crippen LogP contribution in [0.4, 0.5) is 17.3 Å². The minimum Gasteiger partial charge on any atom is -0.372 e. The second-order valence-electron chi connectivity index (χ2n) is 5.89. The number of anilines is 3. The van der Waals surface area contributed by atoms with Gasteiger partial charge < -0.3 is 15.5 Å². The van der Waals surface area contributed by atoms with Crippen molar-refractivity contribution in [3.05, 3.63) is 42.2 Å². The number of aromatic nitrogens is 2. The van der Waals surface area contributed by atoms with E-state index in [2.05, 4.69) is 44.6 Å². The first-order valence-corrected chi connectivity index (χ1v) is 8.49. The van der Waals surface area contributed by atoms with Crippen molar-refractivity contribution < 1.29 is 4.79 Å². The molecule has 0 radical (unpaired) electrons. The van der Waals surface area contributed by atoms with Crippen molar-refractivity contribution in [2.24, 2.45) is 0 Å². The zero-order valence-corrected chi connectivity index (χ0v) is 14.0. The number of nitrogens with zero attached hydrogens (tertiary/aromatic N) is 3. The quantitative estimate of drug-likeness (QED) is 0.854. The Hall–Kier alpha value is -2.63. The molecule has 2 heterocycles. The summed E-state index contributed by atoms with van der Waals surface area (Å²) in [4.78, 5) is 23.1. The second kappa shape index (κ2) is 7.77. The van der Waals surface area contributed by atoms with Crippen LogP contribution in [0.15, 0.2) is 36.5 Å². The van der Waals surface area contributed by atoms with Gasteiger partial charge in [-0.15, -0.1) is 0 Å². The summed E-state index contributed by atoms with van der Waals surface area (Å²) in [6.45, 7) is 5.07. The van der Waals surface area contributed by atoms with E-state index in [4.69, 9.17) is 0 Å². The standard InChI is InChI=1S/C18H23N5O/c1-2-10-19-18-20-11-9-16(22-18)17(24)21-14-5-7-15(8-6-14)23-12-3-4-13-23/h5-9,11H,2-4,10,12-13H2,1H3,(H,21,24)(H,19,20,22). The normalized spacial score (nSPS) is 13.8. The Kier molecular flexibility index (Phi) is 5.25. The first kappa shape index (κ1) is 16.2. The summed E-state index contributed by atoms with van der Waals surface area (Å²) in [5.74, 6) is 0.250. The van der Waals surface area contributed by atoms with E-state index in [1.54, 1.807) is 12.3 Å². The van der Waals surface area contributed by atoms with Crippen molar-refractivity contribution in [2.75, 3.05) is 35.2 Å². The number of hydrogen-bond donors (Lipinski definition) is 2. The lowest BCUT2D eigenvalue weighted by atomic mass is 10.2. The van der Waals surface area contributed by atoms with Gasteiger partial charge in [0, 0.05) is 37.2 Å². The van der Waals surface area contributed by atoms with Gasteiger partial charge >= 0.3 is 0 Å². The van der Waals surface area contributed by atoms with Crippen molar-refractivity contribution in [2.45, 2.75) is 26.2 Å². The van der Waals surface area contributed by atoms with E-state index in [9.17, 15) is 4.79 Å². The highest BCUT2D eigenvalue weighted by Crippen LogP contribution is 2.22. The second-order valence-corrected chi connectivity index (χ2v) is 5.89. The van der Waals surface area contributed by atoms with E-state index in [-0.39, 0.29) is 5.91 Å². The fraction of sp³-hybridized carbons (Fsp3) is 0.389. The molecule has 1 aliphatic heterocycles. The van der Waals surface area contributed by atoms with Crippen molar-refractivity contribution in [3.8, 4) is 0 Å². The van der Waals surface area contributed by atoms with E-state index in [0.29, 0.717) is 11.6 Å². The maximum Gasteiger partial charge on any atom is 0.274 e. The fourth-order valence-electron chi connectivity index (χ4n) is 2.73. The predicted octanol–water partition coefficient (Wildman–Crippen LogP) is 3.15. The van der Waals surface area contributed by atoms with Crippen LogP contribution in [0.2, 0.25) is 0 Å². The van der Waals surface area contributed by atoms with Crippen LogP contribution in [-0.2, 0) is 0 Å². The highest BCUT2D eigenvalue weighted by molar-refractivity contribution is 6.03. The van der Waals surface area contributed by atoms with Crippen molar-refractivity contribution >= 4 is 23.2 Å². The summed E-state index contributed by atoms with van der Waals surface area (Å²) >= 11 is 0. The molecular weight excluding hydrogens is 302 g/mol. The van der Waals surface area contributed by atoms with E-state index in [0.717, 1.165) is 31.7 Å². The number of carbonyl (C=O) groups excluding carboxylic acids is 1. The maximum absolute atomic E-state index is 12.3. The lowest BCUT2D eigenvalue weighted by molar-refractivity contribution is 0.102. The largest absolute Gasteiger partial charge is 0.372 e. The van der Waals surface area contributed by atoms with Crippen molar-refractivity contribution in [3.63, 3.8) is 0 Å². The van der Waals surface area contributed by atoms with Gasteiger partial charge in [0.15, 0.2) is 0 Å². The predicted molar refractivity (Wildman–Crippen MR) is 96.7 cm³/mol. The highest BCUT2D eigenvalue weighted by Gasteiger charge is 2.13. The molecule has 0 unspecified atom stereocenters. The van der Waals surface area contributed by atoms with Crippen LogP contribution in [0.1, 0.15) is 36.7 Å². The third kappa shape index (κ3) is 4.01. The molecule has 0 atom stereocenters. The lowest BCUT2D eigenvalue weighted by Gasteiger charge is -2.17. The minimum atomic E-state index is -0.231. The van der Waals surface area contributed by atoms with E-state index >= 15 is 0 Å². The van der Waals surface area contributed by atoms with Gasteiger partial charge in [-0.05, 0) is 49.6 Å². The molecule has 1 aliphatic rings. The Bertz CT molecular complexity index is 680. The molecule has 2 aromatic rings. The molecule has 0 saturated carbocycles. The zero-order valence-electron chi connectivity index (χ0n) is 14.0. The monoisotopic (exact) mass is 325 g/mol. The Morgan fingerprint density at radius 1 is 1.17 bits per heavy atom. The first-order valence-electron chi connectivity index (χ1n) is 8.49. The van der Waals surface area contributed by atoms with Crippen molar-refractivity contribution in [1.29, 1.82) is 0 Å². The van der Waals surface area contributed by atoms with Crippen LogP contribution in [0.3, 0.4) is 0 Å². The van der Waals surface area contributed by atoms with Gasteiger partial charge in [-0.25, -0.2) is 9.97 Å². The van der Waals surface area contributed by atoms with Crippen LogP contribution in [-0.4, -0.2) is 35.5 Å². The molecule has 1 fully saturated rings. The Morgan fingerprint density at radius 3 is 2.62 bits per heavy atom. The third-order valence-corrected chi connectivity index (χ3v) is 4.02.